The second-order valence-corrected chi connectivity index (χ2v) is 3.81. The van der Waals surface area contributed by atoms with Crippen LogP contribution in [0.2, 0.25) is 0 Å². The molecule has 0 saturated carbocycles. The standard InChI is InChI=1S/C8H9N3OS/c1-11-4-6(2-10-11)8-9-3-7(5-12)13-8/h2-4,12H,5H2,1H3. The average Bonchev–Trinajstić information content (AvgIpc) is 2.71. The Morgan fingerprint density at radius 1 is 1.54 bits per heavy atom. The molecule has 0 aromatic carbocycles. The first-order valence-electron chi connectivity index (χ1n) is 3.84. The highest BCUT2D eigenvalue weighted by Crippen LogP contribution is 2.24. The van der Waals surface area contributed by atoms with Crippen molar-refractivity contribution < 1.29 is 5.11 Å². The van der Waals surface area contributed by atoms with Crippen LogP contribution in [0.5, 0.6) is 0 Å². The van der Waals surface area contributed by atoms with Crippen LogP contribution >= 0.6 is 11.3 Å². The van der Waals surface area contributed by atoms with Gasteiger partial charge in [0.1, 0.15) is 5.01 Å². The molecule has 1 N–H and O–H groups in total. The third-order valence-corrected chi connectivity index (χ3v) is 2.69. The molecule has 0 spiro atoms. The molecule has 2 heterocycles. The Labute approximate surface area is 79.5 Å². The first kappa shape index (κ1) is 8.40. The summed E-state index contributed by atoms with van der Waals surface area (Å²) in [5.41, 5.74) is 0.993. The second kappa shape index (κ2) is 3.27. The lowest BCUT2D eigenvalue weighted by Crippen LogP contribution is -1.83. The van der Waals surface area contributed by atoms with Gasteiger partial charge in [0.15, 0.2) is 0 Å². The predicted molar refractivity (Wildman–Crippen MR) is 50.2 cm³/mol. The summed E-state index contributed by atoms with van der Waals surface area (Å²) >= 11 is 1.48. The first-order valence-corrected chi connectivity index (χ1v) is 4.66. The molecule has 13 heavy (non-hydrogen) atoms. The minimum Gasteiger partial charge on any atom is -0.391 e. The van der Waals surface area contributed by atoms with Crippen molar-refractivity contribution in [1.29, 1.82) is 0 Å². The summed E-state index contributed by atoms with van der Waals surface area (Å²) in [5, 5.41) is 13.8. The van der Waals surface area contributed by atoms with Crippen LogP contribution in [0.15, 0.2) is 18.6 Å². The van der Waals surface area contributed by atoms with Crippen molar-refractivity contribution >= 4 is 11.3 Å². The zero-order chi connectivity index (χ0) is 9.26. The summed E-state index contributed by atoms with van der Waals surface area (Å²) in [4.78, 5) is 5.05. The maximum Gasteiger partial charge on any atom is 0.126 e. The Bertz CT molecular complexity index is 407. The van der Waals surface area contributed by atoms with Crippen molar-refractivity contribution in [2.24, 2.45) is 7.05 Å². The van der Waals surface area contributed by atoms with E-state index in [1.54, 1.807) is 17.1 Å². The van der Waals surface area contributed by atoms with Crippen molar-refractivity contribution in [2.45, 2.75) is 6.61 Å². The maximum absolute atomic E-state index is 8.85. The molecule has 5 heteroatoms. The van der Waals surface area contributed by atoms with Gasteiger partial charge in [0.2, 0.25) is 0 Å². The number of thiazole rings is 1. The van der Waals surface area contributed by atoms with Gasteiger partial charge in [0.25, 0.3) is 0 Å². The molecule has 0 aliphatic carbocycles. The van der Waals surface area contributed by atoms with Crippen molar-refractivity contribution in [3.05, 3.63) is 23.5 Å². The Morgan fingerprint density at radius 3 is 2.92 bits per heavy atom. The van der Waals surface area contributed by atoms with Gasteiger partial charge in [-0.25, -0.2) is 4.98 Å². The van der Waals surface area contributed by atoms with Gasteiger partial charge in [-0.3, -0.25) is 4.68 Å². The normalized spacial score (nSPS) is 10.6. The number of rotatable bonds is 2. The Kier molecular flexibility index (Phi) is 2.12. The Morgan fingerprint density at radius 2 is 2.38 bits per heavy atom. The van der Waals surface area contributed by atoms with E-state index in [0.29, 0.717) is 0 Å². The quantitative estimate of drug-likeness (QED) is 0.778. The fraction of sp³-hybridized carbons (Fsp3) is 0.250. The topological polar surface area (TPSA) is 50.9 Å². The van der Waals surface area contributed by atoms with Crippen LogP contribution in [-0.2, 0) is 13.7 Å². The highest BCUT2D eigenvalue weighted by Gasteiger charge is 2.05. The van der Waals surface area contributed by atoms with Crippen LogP contribution in [0.1, 0.15) is 4.88 Å². The third-order valence-electron chi connectivity index (χ3n) is 1.66. The first-order chi connectivity index (χ1) is 6.29. The summed E-state index contributed by atoms with van der Waals surface area (Å²) < 4.78 is 1.73. The highest BCUT2D eigenvalue weighted by molar-refractivity contribution is 7.15. The molecule has 0 unspecified atom stereocenters. The van der Waals surface area contributed by atoms with Gasteiger partial charge in [-0.15, -0.1) is 11.3 Å². The third kappa shape index (κ3) is 1.61. The molecule has 4 nitrogen and oxygen atoms in total. The number of aliphatic hydroxyl groups excluding tert-OH is 1. The fourth-order valence-corrected chi connectivity index (χ4v) is 1.79. The van der Waals surface area contributed by atoms with Crippen LogP contribution in [-0.4, -0.2) is 19.9 Å². The van der Waals surface area contributed by atoms with Gasteiger partial charge in [-0.2, -0.15) is 5.10 Å². The molecule has 2 aromatic heterocycles. The summed E-state index contributed by atoms with van der Waals surface area (Å²) in [6, 6.07) is 0. The van der Waals surface area contributed by atoms with Crippen LogP contribution in [0.25, 0.3) is 10.6 Å². The molecule has 0 aliphatic rings. The lowest BCUT2D eigenvalue weighted by atomic mass is 10.4. The average molecular weight is 195 g/mol. The second-order valence-electron chi connectivity index (χ2n) is 2.69. The fourth-order valence-electron chi connectivity index (χ4n) is 1.05. The molecule has 0 amide bonds. The number of aromatic nitrogens is 3. The number of aryl methyl sites for hydroxylation is 1. The monoisotopic (exact) mass is 195 g/mol. The van der Waals surface area contributed by atoms with Crippen molar-refractivity contribution in [3.8, 4) is 10.6 Å². The molecule has 0 saturated heterocycles. The van der Waals surface area contributed by atoms with Crippen LogP contribution in [0, 0.1) is 0 Å². The summed E-state index contributed by atoms with van der Waals surface area (Å²) in [6.07, 6.45) is 5.35. The SMILES string of the molecule is Cn1cc(-c2ncc(CO)s2)cn1. The predicted octanol–water partition coefficient (Wildman–Crippen LogP) is 1.04. The molecule has 0 bridgehead atoms. The van der Waals surface area contributed by atoms with E-state index in [4.69, 9.17) is 5.11 Å². The molecule has 0 radical (unpaired) electrons. The van der Waals surface area contributed by atoms with Gasteiger partial charge >= 0.3 is 0 Å². The van der Waals surface area contributed by atoms with Crippen molar-refractivity contribution in [2.75, 3.05) is 0 Å². The van der Waals surface area contributed by atoms with Gasteiger partial charge in [-0.05, 0) is 0 Å². The summed E-state index contributed by atoms with van der Waals surface area (Å²) in [6.45, 7) is 0.0535. The van der Waals surface area contributed by atoms with E-state index in [1.807, 2.05) is 13.2 Å². The molecule has 2 rings (SSSR count). The van der Waals surface area contributed by atoms with E-state index in [-0.39, 0.29) is 6.61 Å². The van der Waals surface area contributed by atoms with Crippen LogP contribution in [0.3, 0.4) is 0 Å². The molecule has 0 fully saturated rings. The molecule has 0 atom stereocenters. The van der Waals surface area contributed by atoms with E-state index in [0.717, 1.165) is 15.4 Å². The zero-order valence-corrected chi connectivity index (χ0v) is 7.95. The summed E-state index contributed by atoms with van der Waals surface area (Å²) in [7, 11) is 1.87. The highest BCUT2D eigenvalue weighted by atomic mass is 32.1. The number of hydrogen-bond acceptors (Lipinski definition) is 4. The summed E-state index contributed by atoms with van der Waals surface area (Å²) in [5.74, 6) is 0. The molecule has 68 valence electrons. The molecular weight excluding hydrogens is 186 g/mol. The van der Waals surface area contributed by atoms with Crippen molar-refractivity contribution in [1.82, 2.24) is 14.8 Å². The van der Waals surface area contributed by atoms with E-state index < -0.39 is 0 Å². The Balaban J connectivity index is 2.35. The maximum atomic E-state index is 8.85. The largest absolute Gasteiger partial charge is 0.391 e. The van der Waals surface area contributed by atoms with E-state index in [2.05, 4.69) is 10.1 Å². The van der Waals surface area contributed by atoms with E-state index in [1.165, 1.54) is 11.3 Å². The zero-order valence-electron chi connectivity index (χ0n) is 7.14. The van der Waals surface area contributed by atoms with E-state index in [9.17, 15) is 0 Å². The van der Waals surface area contributed by atoms with Crippen molar-refractivity contribution in [3.63, 3.8) is 0 Å². The van der Waals surface area contributed by atoms with Crippen LogP contribution < -0.4 is 0 Å². The number of nitrogens with zero attached hydrogens (tertiary/aromatic N) is 3. The van der Waals surface area contributed by atoms with Gasteiger partial charge in [0.05, 0.1) is 17.7 Å². The Hall–Kier alpha value is -1.20. The molecular formula is C8H9N3OS. The lowest BCUT2D eigenvalue weighted by molar-refractivity contribution is 0.285. The smallest absolute Gasteiger partial charge is 0.126 e. The van der Waals surface area contributed by atoms with Gasteiger partial charge in [-0.1, -0.05) is 0 Å². The minimum absolute atomic E-state index is 0.0535. The number of aliphatic hydroxyl groups is 1. The lowest BCUT2D eigenvalue weighted by Gasteiger charge is -1.86. The molecule has 0 aliphatic heterocycles. The molecule has 2 aromatic rings. The number of hydrogen-bond donors (Lipinski definition) is 1. The van der Waals surface area contributed by atoms with Gasteiger partial charge in [0, 0.05) is 25.0 Å². The minimum atomic E-state index is 0.0535. The van der Waals surface area contributed by atoms with Crippen LogP contribution in [0.4, 0.5) is 0 Å². The van der Waals surface area contributed by atoms with Gasteiger partial charge < -0.3 is 5.11 Å². The van der Waals surface area contributed by atoms with E-state index >= 15 is 0 Å².